The number of hydrogen-bond donors (Lipinski definition) is 1. The molecule has 1 amide bonds. The lowest BCUT2D eigenvalue weighted by Gasteiger charge is -2.13. The Balaban J connectivity index is 1.23. The van der Waals surface area contributed by atoms with Crippen LogP contribution < -0.4 is 10.1 Å². The van der Waals surface area contributed by atoms with Gasteiger partial charge in [0.25, 0.3) is 5.91 Å². The molecular formula is C26H22ClN3O3S. The minimum Gasteiger partial charge on any atom is -0.486 e. The number of nitrogens with one attached hydrogen (secondary N) is 1. The molecule has 0 aliphatic carbocycles. The molecule has 8 heteroatoms. The Morgan fingerprint density at radius 1 is 1.21 bits per heavy atom. The van der Waals surface area contributed by atoms with Gasteiger partial charge in [0.05, 0.1) is 23.0 Å². The van der Waals surface area contributed by atoms with Crippen molar-refractivity contribution in [2.45, 2.75) is 26.0 Å². The molecule has 3 heterocycles. The third-order valence-corrected chi connectivity index (χ3v) is 7.19. The molecule has 34 heavy (non-hydrogen) atoms. The topological polar surface area (TPSA) is 73.2 Å². The van der Waals surface area contributed by atoms with E-state index in [4.69, 9.17) is 16.3 Å². The highest BCUT2D eigenvalue weighted by Crippen LogP contribution is 2.41. The number of nitrogens with zero attached hydrogens (tertiary/aromatic N) is 2. The van der Waals surface area contributed by atoms with Crippen molar-refractivity contribution in [1.29, 1.82) is 0 Å². The van der Waals surface area contributed by atoms with Crippen LogP contribution in [-0.4, -0.2) is 34.1 Å². The first-order valence-corrected chi connectivity index (χ1v) is 12.1. The molecule has 2 aromatic heterocycles. The summed E-state index contributed by atoms with van der Waals surface area (Å²) in [6.45, 7) is 2.54. The number of amides is 1. The fourth-order valence-electron chi connectivity index (χ4n) is 4.03. The van der Waals surface area contributed by atoms with Crippen molar-refractivity contribution in [3.63, 3.8) is 0 Å². The number of halogens is 1. The molecule has 0 spiro atoms. The molecule has 1 atom stereocenters. The number of carbonyl (C=O) groups excluding carboxylic acids is 2. The van der Waals surface area contributed by atoms with Crippen LogP contribution >= 0.6 is 22.9 Å². The number of aromatic nitrogens is 2. The first-order valence-electron chi connectivity index (χ1n) is 10.9. The third kappa shape index (κ3) is 4.76. The summed E-state index contributed by atoms with van der Waals surface area (Å²) < 4.78 is 7.86. The molecule has 6 nitrogen and oxygen atoms in total. The Hall–Kier alpha value is -3.42. The van der Waals surface area contributed by atoms with E-state index in [1.165, 1.54) is 11.3 Å². The maximum Gasteiger partial charge on any atom is 0.251 e. The van der Waals surface area contributed by atoms with Gasteiger partial charge in [-0.25, -0.2) is 0 Å². The molecule has 0 fully saturated rings. The van der Waals surface area contributed by atoms with E-state index in [9.17, 15) is 9.59 Å². The van der Waals surface area contributed by atoms with Gasteiger partial charge in [-0.1, -0.05) is 23.7 Å². The van der Waals surface area contributed by atoms with Crippen LogP contribution in [0.2, 0.25) is 5.02 Å². The molecular weight excluding hydrogens is 470 g/mol. The second kappa shape index (κ2) is 9.44. The van der Waals surface area contributed by atoms with Crippen molar-refractivity contribution in [2.75, 3.05) is 6.54 Å². The molecule has 2 aromatic carbocycles. The fraction of sp³-hybridized carbons (Fsp3) is 0.192. The van der Waals surface area contributed by atoms with Gasteiger partial charge in [-0.15, -0.1) is 11.3 Å². The van der Waals surface area contributed by atoms with Crippen molar-refractivity contribution in [2.24, 2.45) is 0 Å². The summed E-state index contributed by atoms with van der Waals surface area (Å²) >= 11 is 7.96. The molecule has 172 valence electrons. The van der Waals surface area contributed by atoms with Crippen molar-refractivity contribution >= 4 is 34.6 Å². The number of thiophene rings is 1. The maximum absolute atomic E-state index is 12.8. The molecule has 0 bridgehead atoms. The second-order valence-corrected chi connectivity index (χ2v) is 9.72. The van der Waals surface area contributed by atoms with Gasteiger partial charge in [-0.2, -0.15) is 5.10 Å². The lowest BCUT2D eigenvalue weighted by Crippen LogP contribution is -2.34. The Labute approximate surface area is 206 Å². The number of ketones is 1. The Bertz CT molecular complexity index is 1360. The van der Waals surface area contributed by atoms with Crippen LogP contribution in [0.25, 0.3) is 10.4 Å². The van der Waals surface area contributed by atoms with Crippen LogP contribution in [0.4, 0.5) is 0 Å². The largest absolute Gasteiger partial charge is 0.486 e. The summed E-state index contributed by atoms with van der Waals surface area (Å²) in [7, 11) is 0. The molecule has 4 aromatic rings. The zero-order valence-corrected chi connectivity index (χ0v) is 20.0. The predicted molar refractivity (Wildman–Crippen MR) is 133 cm³/mol. The van der Waals surface area contributed by atoms with Crippen LogP contribution in [0.1, 0.15) is 38.1 Å². The fourth-order valence-corrected chi connectivity index (χ4v) is 5.20. The Morgan fingerprint density at radius 2 is 2.09 bits per heavy atom. The van der Waals surface area contributed by atoms with E-state index in [0.717, 1.165) is 26.4 Å². The number of hydrogen-bond acceptors (Lipinski definition) is 5. The van der Waals surface area contributed by atoms with Gasteiger partial charge in [0.15, 0.2) is 5.78 Å². The van der Waals surface area contributed by atoms with Gasteiger partial charge in [-0.05, 0) is 60.5 Å². The van der Waals surface area contributed by atoms with Crippen molar-refractivity contribution in [3.8, 4) is 16.2 Å². The lowest BCUT2D eigenvalue weighted by molar-refractivity contribution is 0.0932. The van der Waals surface area contributed by atoms with E-state index in [1.807, 2.05) is 53.3 Å². The Kier molecular flexibility index (Phi) is 6.22. The van der Waals surface area contributed by atoms with E-state index >= 15 is 0 Å². The standard InChI is InChI=1S/C26H22ClN3O3S/c1-16(31)23-6-7-24(34-23)19-11-20-12-21(33-25(20)22(27)13-19)14-28-26(32)18-5-2-4-17(10-18)15-30-9-3-8-29-30/h2-11,13,21H,12,14-15H2,1H3,(H,28,32)/t21-/m1/s1. The van der Waals surface area contributed by atoms with Gasteiger partial charge in [0, 0.05) is 34.8 Å². The highest BCUT2D eigenvalue weighted by atomic mass is 35.5. The summed E-state index contributed by atoms with van der Waals surface area (Å²) in [5, 5.41) is 7.72. The summed E-state index contributed by atoms with van der Waals surface area (Å²) in [4.78, 5) is 26.1. The number of rotatable bonds is 7. The van der Waals surface area contributed by atoms with E-state index < -0.39 is 0 Å². The molecule has 0 saturated heterocycles. The van der Waals surface area contributed by atoms with Gasteiger partial charge in [-0.3, -0.25) is 14.3 Å². The van der Waals surface area contributed by atoms with Gasteiger partial charge in [0.2, 0.25) is 0 Å². The van der Waals surface area contributed by atoms with Crippen molar-refractivity contribution in [3.05, 3.63) is 93.6 Å². The van der Waals surface area contributed by atoms with Crippen LogP contribution in [-0.2, 0) is 13.0 Å². The van der Waals surface area contributed by atoms with Crippen molar-refractivity contribution in [1.82, 2.24) is 15.1 Å². The molecule has 0 radical (unpaired) electrons. The number of benzene rings is 2. The van der Waals surface area contributed by atoms with E-state index in [2.05, 4.69) is 16.5 Å². The molecule has 5 rings (SSSR count). The molecule has 1 aliphatic heterocycles. The average molecular weight is 492 g/mol. The zero-order valence-electron chi connectivity index (χ0n) is 18.5. The highest BCUT2D eigenvalue weighted by molar-refractivity contribution is 7.17. The summed E-state index contributed by atoms with van der Waals surface area (Å²) in [5.74, 6) is 0.563. The van der Waals surface area contributed by atoms with E-state index in [-0.39, 0.29) is 17.8 Å². The normalized spacial score (nSPS) is 14.5. The van der Waals surface area contributed by atoms with Crippen molar-refractivity contribution < 1.29 is 14.3 Å². The molecule has 0 unspecified atom stereocenters. The average Bonchev–Trinajstić information content (AvgIpc) is 3.58. The van der Waals surface area contributed by atoms with Gasteiger partial charge < -0.3 is 10.1 Å². The predicted octanol–water partition coefficient (Wildman–Crippen LogP) is 5.25. The summed E-state index contributed by atoms with van der Waals surface area (Å²) in [6.07, 6.45) is 4.07. The van der Waals surface area contributed by atoms with Gasteiger partial charge in [0.1, 0.15) is 11.9 Å². The van der Waals surface area contributed by atoms with Crippen LogP contribution in [0.5, 0.6) is 5.75 Å². The number of ether oxygens (including phenoxy) is 1. The number of fused-ring (bicyclic) bond motifs is 1. The summed E-state index contributed by atoms with van der Waals surface area (Å²) in [5.41, 5.74) is 3.56. The van der Waals surface area contributed by atoms with Gasteiger partial charge >= 0.3 is 0 Å². The third-order valence-electron chi connectivity index (χ3n) is 5.67. The maximum atomic E-state index is 12.8. The summed E-state index contributed by atoms with van der Waals surface area (Å²) in [6, 6.07) is 17.1. The molecule has 0 saturated carbocycles. The SMILES string of the molecule is CC(=O)c1ccc(-c2cc(Cl)c3c(c2)C[C@H](CNC(=O)c2cccc(Cn4cccn4)c2)O3)s1. The number of Topliss-reactive ketones (excluding diaryl/α,β-unsaturated/α-hetero) is 1. The highest BCUT2D eigenvalue weighted by Gasteiger charge is 2.27. The van der Waals surface area contributed by atoms with Crippen LogP contribution in [0.15, 0.2) is 67.0 Å². The van der Waals surface area contributed by atoms with Crippen LogP contribution in [0, 0.1) is 0 Å². The minimum absolute atomic E-state index is 0.0505. The first-order chi connectivity index (χ1) is 16.5. The molecule has 1 N–H and O–H groups in total. The first kappa shape index (κ1) is 22.4. The Morgan fingerprint density at radius 3 is 2.85 bits per heavy atom. The lowest BCUT2D eigenvalue weighted by atomic mass is 10.1. The molecule has 1 aliphatic rings. The van der Waals surface area contributed by atoms with Crippen LogP contribution in [0.3, 0.4) is 0 Å². The second-order valence-electron chi connectivity index (χ2n) is 8.22. The zero-order chi connectivity index (χ0) is 23.7. The number of carbonyl (C=O) groups is 2. The minimum atomic E-state index is -0.199. The quantitative estimate of drug-likeness (QED) is 0.358. The van der Waals surface area contributed by atoms with E-state index in [0.29, 0.717) is 35.8 Å². The monoisotopic (exact) mass is 491 g/mol. The smallest absolute Gasteiger partial charge is 0.251 e. The van der Waals surface area contributed by atoms with E-state index in [1.54, 1.807) is 19.2 Å².